The summed E-state index contributed by atoms with van der Waals surface area (Å²) in [5.74, 6) is 0.881. The van der Waals surface area contributed by atoms with E-state index in [1.807, 2.05) is 6.92 Å². The summed E-state index contributed by atoms with van der Waals surface area (Å²) in [5.41, 5.74) is 0.452. The van der Waals surface area contributed by atoms with Crippen molar-refractivity contribution in [3.05, 3.63) is 41.7 Å². The van der Waals surface area contributed by atoms with Crippen LogP contribution in [0.5, 0.6) is 5.75 Å². The lowest BCUT2D eigenvalue weighted by Crippen LogP contribution is -2.32. The van der Waals surface area contributed by atoms with Crippen LogP contribution in [0.3, 0.4) is 0 Å². The molecule has 0 aliphatic heterocycles. The zero-order valence-corrected chi connectivity index (χ0v) is 12.4. The molecule has 0 unspecified atom stereocenters. The van der Waals surface area contributed by atoms with Crippen LogP contribution in [0, 0.1) is 6.92 Å². The Hall–Kier alpha value is -2.83. The van der Waals surface area contributed by atoms with Crippen molar-refractivity contribution in [3.63, 3.8) is 0 Å². The number of aromatic nitrogens is 1. The van der Waals surface area contributed by atoms with Crippen LogP contribution in [-0.2, 0) is 4.79 Å². The summed E-state index contributed by atoms with van der Waals surface area (Å²) >= 11 is 0. The van der Waals surface area contributed by atoms with Crippen molar-refractivity contribution in [1.29, 1.82) is 0 Å². The number of rotatable bonds is 6. The number of anilines is 1. The highest BCUT2D eigenvalue weighted by molar-refractivity contribution is 5.99. The van der Waals surface area contributed by atoms with E-state index in [2.05, 4.69) is 15.8 Å². The van der Waals surface area contributed by atoms with E-state index in [1.54, 1.807) is 37.3 Å². The van der Waals surface area contributed by atoms with Gasteiger partial charge in [0.25, 0.3) is 5.91 Å². The number of hydrogen-bond acceptors (Lipinski definition) is 5. The van der Waals surface area contributed by atoms with Crippen LogP contribution in [0.25, 0.3) is 0 Å². The van der Waals surface area contributed by atoms with E-state index in [0.717, 1.165) is 0 Å². The van der Waals surface area contributed by atoms with Gasteiger partial charge < -0.3 is 19.9 Å². The minimum Gasteiger partial charge on any atom is -0.494 e. The molecule has 2 rings (SSSR count). The third-order valence-corrected chi connectivity index (χ3v) is 2.73. The summed E-state index contributed by atoms with van der Waals surface area (Å²) in [4.78, 5) is 23.6. The second-order valence-corrected chi connectivity index (χ2v) is 4.51. The third kappa shape index (κ3) is 4.34. The maximum Gasteiger partial charge on any atom is 0.251 e. The first-order valence-electron chi connectivity index (χ1n) is 6.82. The summed E-state index contributed by atoms with van der Waals surface area (Å²) in [6, 6.07) is 8.28. The lowest BCUT2D eigenvalue weighted by atomic mass is 10.2. The van der Waals surface area contributed by atoms with Gasteiger partial charge in [0.2, 0.25) is 5.91 Å². The van der Waals surface area contributed by atoms with Crippen LogP contribution < -0.4 is 15.4 Å². The lowest BCUT2D eigenvalue weighted by molar-refractivity contribution is -0.115. The zero-order chi connectivity index (χ0) is 15.9. The average Bonchev–Trinajstić information content (AvgIpc) is 2.91. The molecule has 0 saturated carbocycles. The second kappa shape index (κ2) is 7.26. The Balaban J connectivity index is 1.82. The van der Waals surface area contributed by atoms with Crippen LogP contribution >= 0.6 is 0 Å². The van der Waals surface area contributed by atoms with Gasteiger partial charge in [-0.2, -0.15) is 0 Å². The first kappa shape index (κ1) is 15.6. The number of nitrogens with zero attached hydrogens (tertiary/aromatic N) is 1. The van der Waals surface area contributed by atoms with Crippen LogP contribution in [0.15, 0.2) is 34.9 Å². The Bertz CT molecular complexity index is 649. The van der Waals surface area contributed by atoms with E-state index < -0.39 is 0 Å². The number of benzene rings is 1. The average molecular weight is 303 g/mol. The molecule has 116 valence electrons. The molecule has 1 heterocycles. The Morgan fingerprint density at radius 1 is 1.27 bits per heavy atom. The second-order valence-electron chi connectivity index (χ2n) is 4.51. The van der Waals surface area contributed by atoms with E-state index in [-0.39, 0.29) is 18.4 Å². The van der Waals surface area contributed by atoms with Crippen LogP contribution in [0.1, 0.15) is 23.0 Å². The number of hydrogen-bond donors (Lipinski definition) is 2. The Morgan fingerprint density at radius 3 is 2.59 bits per heavy atom. The highest BCUT2D eigenvalue weighted by Crippen LogP contribution is 2.12. The molecule has 0 saturated heterocycles. The molecule has 0 aliphatic carbocycles. The highest BCUT2D eigenvalue weighted by Gasteiger charge is 2.10. The zero-order valence-electron chi connectivity index (χ0n) is 12.4. The molecule has 0 spiro atoms. The van der Waals surface area contributed by atoms with Gasteiger partial charge in [-0.15, -0.1) is 0 Å². The van der Waals surface area contributed by atoms with Crippen molar-refractivity contribution < 1.29 is 18.8 Å². The molecule has 22 heavy (non-hydrogen) atoms. The topological polar surface area (TPSA) is 93.5 Å². The molecule has 0 bridgehead atoms. The molecule has 0 fully saturated rings. The Labute approximate surface area is 127 Å². The molecule has 0 radical (unpaired) electrons. The Morgan fingerprint density at radius 2 is 2.00 bits per heavy atom. The SMILES string of the molecule is CCOc1ccc(C(=O)NCC(=O)Nc2cc(C)on2)cc1. The van der Waals surface area contributed by atoms with E-state index in [4.69, 9.17) is 9.26 Å². The molecule has 1 aromatic carbocycles. The number of aryl methyl sites for hydroxylation is 1. The van der Waals surface area contributed by atoms with Crippen molar-refractivity contribution in [2.75, 3.05) is 18.5 Å². The molecule has 0 aliphatic rings. The number of carbonyl (C=O) groups excluding carboxylic acids is 2. The van der Waals surface area contributed by atoms with Crippen molar-refractivity contribution in [2.24, 2.45) is 0 Å². The molecule has 0 atom stereocenters. The van der Waals surface area contributed by atoms with Gasteiger partial charge in [-0.1, -0.05) is 5.16 Å². The normalized spacial score (nSPS) is 10.1. The molecule has 7 nitrogen and oxygen atoms in total. The fourth-order valence-corrected chi connectivity index (χ4v) is 1.74. The van der Waals surface area contributed by atoms with Gasteiger partial charge in [0.15, 0.2) is 5.82 Å². The molecular weight excluding hydrogens is 286 g/mol. The first-order chi connectivity index (χ1) is 10.6. The summed E-state index contributed by atoms with van der Waals surface area (Å²) in [7, 11) is 0. The van der Waals surface area contributed by atoms with Gasteiger partial charge in [0, 0.05) is 11.6 Å². The molecule has 7 heteroatoms. The maximum absolute atomic E-state index is 11.9. The van der Waals surface area contributed by atoms with Crippen molar-refractivity contribution in [3.8, 4) is 5.75 Å². The predicted molar refractivity (Wildman–Crippen MR) is 79.8 cm³/mol. The van der Waals surface area contributed by atoms with Crippen LogP contribution in [0.4, 0.5) is 5.82 Å². The summed E-state index contributed by atoms with van der Waals surface area (Å²) in [5, 5.41) is 8.68. The minimum atomic E-state index is -0.382. The first-order valence-corrected chi connectivity index (χ1v) is 6.82. The van der Waals surface area contributed by atoms with Gasteiger partial charge >= 0.3 is 0 Å². The summed E-state index contributed by atoms with van der Waals surface area (Å²) in [6.07, 6.45) is 0. The molecule has 2 amide bonds. The molecule has 1 aromatic heterocycles. The number of amides is 2. The lowest BCUT2D eigenvalue weighted by Gasteiger charge is -2.06. The van der Waals surface area contributed by atoms with E-state index in [9.17, 15) is 9.59 Å². The fourth-order valence-electron chi connectivity index (χ4n) is 1.74. The van der Waals surface area contributed by atoms with Crippen LogP contribution in [0.2, 0.25) is 0 Å². The summed E-state index contributed by atoms with van der Waals surface area (Å²) < 4.78 is 10.1. The van der Waals surface area contributed by atoms with E-state index >= 15 is 0 Å². The monoisotopic (exact) mass is 303 g/mol. The minimum absolute atomic E-state index is 0.155. The smallest absolute Gasteiger partial charge is 0.251 e. The molecule has 2 aromatic rings. The van der Waals surface area contributed by atoms with Gasteiger partial charge in [0.1, 0.15) is 11.5 Å². The largest absolute Gasteiger partial charge is 0.494 e. The van der Waals surface area contributed by atoms with Gasteiger partial charge in [-0.25, -0.2) is 0 Å². The maximum atomic E-state index is 11.9. The van der Waals surface area contributed by atoms with E-state index in [1.165, 1.54) is 0 Å². The quantitative estimate of drug-likeness (QED) is 0.848. The van der Waals surface area contributed by atoms with Crippen molar-refractivity contribution >= 4 is 17.6 Å². The van der Waals surface area contributed by atoms with Crippen LogP contribution in [-0.4, -0.2) is 30.1 Å². The highest BCUT2D eigenvalue weighted by atomic mass is 16.5. The number of nitrogens with one attached hydrogen (secondary N) is 2. The molecular formula is C15H17N3O4. The van der Waals surface area contributed by atoms with Gasteiger partial charge in [-0.3, -0.25) is 9.59 Å². The standard InChI is InChI=1S/C15H17N3O4/c1-3-21-12-6-4-11(5-7-12)15(20)16-9-14(19)17-13-8-10(2)22-18-13/h4-8H,3,9H2,1-2H3,(H,16,20)(H,17,18,19). The van der Waals surface area contributed by atoms with Gasteiger partial charge in [0.05, 0.1) is 13.2 Å². The predicted octanol–water partition coefficient (Wildman–Crippen LogP) is 1.75. The Kier molecular flexibility index (Phi) is 5.13. The van der Waals surface area contributed by atoms with Crippen molar-refractivity contribution in [2.45, 2.75) is 13.8 Å². The number of carbonyl (C=O) groups is 2. The fraction of sp³-hybridized carbons (Fsp3) is 0.267. The third-order valence-electron chi connectivity index (χ3n) is 2.73. The van der Waals surface area contributed by atoms with Gasteiger partial charge in [-0.05, 0) is 38.1 Å². The van der Waals surface area contributed by atoms with Crippen molar-refractivity contribution in [1.82, 2.24) is 10.5 Å². The molecule has 2 N–H and O–H groups in total. The van der Waals surface area contributed by atoms with E-state index in [0.29, 0.717) is 29.5 Å². The summed E-state index contributed by atoms with van der Waals surface area (Å²) in [6.45, 7) is 4.01. The number of ether oxygens (including phenoxy) is 1.